The quantitative estimate of drug-likeness (QED) is 0.176. The first kappa shape index (κ1) is 25.8. The Morgan fingerprint density at radius 2 is 1.95 bits per heavy atom. The molecule has 0 unspecified atom stereocenters. The number of carbonyl (C=O) groups excluding carboxylic acids is 1. The van der Waals surface area contributed by atoms with Gasteiger partial charge in [0, 0.05) is 52.1 Å². The normalized spacial score (nSPS) is 11.0. The van der Waals surface area contributed by atoms with Gasteiger partial charge in [0.05, 0.1) is 11.1 Å². The molecule has 188 valence electrons. The fourth-order valence-corrected chi connectivity index (χ4v) is 4.29. The van der Waals surface area contributed by atoms with Crippen LogP contribution in [0.5, 0.6) is 5.75 Å². The van der Waals surface area contributed by atoms with Gasteiger partial charge in [-0.2, -0.15) is 5.10 Å². The summed E-state index contributed by atoms with van der Waals surface area (Å²) in [4.78, 5) is 27.6. The highest BCUT2D eigenvalue weighted by atomic mass is 35.5. The molecule has 4 aromatic rings. The van der Waals surface area contributed by atoms with E-state index in [1.807, 2.05) is 23.6 Å². The molecule has 0 saturated carbocycles. The Bertz CT molecular complexity index is 1430. The first-order chi connectivity index (χ1) is 17.9. The molecule has 0 atom stereocenters. The average molecular weight is 538 g/mol. The van der Waals surface area contributed by atoms with E-state index >= 15 is 0 Å². The number of nitro benzene ring substituents is 1. The maximum absolute atomic E-state index is 12.1. The lowest BCUT2D eigenvalue weighted by Crippen LogP contribution is -2.24. The lowest BCUT2D eigenvalue weighted by Gasteiger charge is -2.09. The van der Waals surface area contributed by atoms with Crippen LogP contribution in [0.3, 0.4) is 0 Å². The van der Waals surface area contributed by atoms with Crippen LogP contribution < -0.4 is 10.2 Å². The molecule has 37 heavy (non-hydrogen) atoms. The summed E-state index contributed by atoms with van der Waals surface area (Å²) in [6.45, 7) is 2.30. The summed E-state index contributed by atoms with van der Waals surface area (Å²) in [6, 6.07) is 14.6. The Labute approximate surface area is 220 Å². The number of nitrogens with zero attached hydrogens (tertiary/aromatic N) is 6. The molecular formula is C24H20ClN7O4S. The van der Waals surface area contributed by atoms with E-state index in [-0.39, 0.29) is 12.3 Å². The van der Waals surface area contributed by atoms with Gasteiger partial charge in [0.15, 0.2) is 17.6 Å². The molecule has 0 spiro atoms. The zero-order valence-corrected chi connectivity index (χ0v) is 21.0. The second kappa shape index (κ2) is 12.1. The Morgan fingerprint density at radius 3 is 2.65 bits per heavy atom. The number of amides is 1. The first-order valence-corrected chi connectivity index (χ1v) is 12.1. The van der Waals surface area contributed by atoms with Crippen molar-refractivity contribution < 1.29 is 14.5 Å². The van der Waals surface area contributed by atoms with E-state index in [0.717, 1.165) is 5.56 Å². The molecule has 0 aliphatic heterocycles. The van der Waals surface area contributed by atoms with Crippen molar-refractivity contribution in [3.05, 3.63) is 87.7 Å². The largest absolute Gasteiger partial charge is 0.484 e. The minimum Gasteiger partial charge on any atom is -0.484 e. The van der Waals surface area contributed by atoms with Gasteiger partial charge in [-0.25, -0.2) is 5.43 Å². The van der Waals surface area contributed by atoms with Crippen LogP contribution in [0.1, 0.15) is 12.5 Å². The van der Waals surface area contributed by atoms with E-state index in [1.54, 1.807) is 42.7 Å². The van der Waals surface area contributed by atoms with Crippen LogP contribution in [0.15, 0.2) is 82.1 Å². The number of ether oxygens (including phenoxy) is 1. The molecule has 2 heterocycles. The third-order valence-electron chi connectivity index (χ3n) is 4.95. The molecule has 13 heteroatoms. The number of benzene rings is 2. The highest BCUT2D eigenvalue weighted by Crippen LogP contribution is 2.33. The summed E-state index contributed by atoms with van der Waals surface area (Å²) in [7, 11) is 0. The summed E-state index contributed by atoms with van der Waals surface area (Å²) >= 11 is 7.11. The molecule has 0 fully saturated rings. The van der Waals surface area contributed by atoms with Crippen LogP contribution in [0.25, 0.3) is 11.4 Å². The Kier molecular flexibility index (Phi) is 8.44. The van der Waals surface area contributed by atoms with Crippen LogP contribution in [0.4, 0.5) is 5.69 Å². The van der Waals surface area contributed by atoms with Crippen LogP contribution in [0.2, 0.25) is 5.02 Å². The number of hydrogen-bond acceptors (Lipinski definition) is 9. The molecule has 0 radical (unpaired) electrons. The predicted octanol–water partition coefficient (Wildman–Crippen LogP) is 4.60. The summed E-state index contributed by atoms with van der Waals surface area (Å²) < 4.78 is 7.31. The number of pyridine rings is 1. The van der Waals surface area contributed by atoms with Gasteiger partial charge in [0.2, 0.25) is 0 Å². The number of rotatable bonds is 10. The van der Waals surface area contributed by atoms with E-state index in [0.29, 0.717) is 38.8 Å². The number of nitrogens with one attached hydrogen (secondary N) is 1. The van der Waals surface area contributed by atoms with Gasteiger partial charge in [-0.3, -0.25) is 19.9 Å². The van der Waals surface area contributed by atoms with E-state index < -0.39 is 10.8 Å². The topological polar surface area (TPSA) is 137 Å². The minimum atomic E-state index is -0.501. The van der Waals surface area contributed by atoms with Crippen LogP contribution in [0, 0.1) is 10.1 Å². The maximum Gasteiger partial charge on any atom is 0.277 e. The second-order valence-corrected chi connectivity index (χ2v) is 8.85. The molecule has 1 N–H and O–H groups in total. The number of hydrogen-bond donors (Lipinski definition) is 1. The molecule has 0 bridgehead atoms. The van der Waals surface area contributed by atoms with Gasteiger partial charge in [0.25, 0.3) is 11.6 Å². The fraction of sp³-hybridized carbons (Fsp3) is 0.125. The van der Waals surface area contributed by atoms with Gasteiger partial charge >= 0.3 is 0 Å². The number of carbonyl (C=O) groups is 1. The van der Waals surface area contributed by atoms with Crippen LogP contribution in [-0.2, 0) is 11.3 Å². The third kappa shape index (κ3) is 6.68. The summed E-state index contributed by atoms with van der Waals surface area (Å²) in [5, 5.41) is 25.1. The molecule has 4 rings (SSSR count). The van der Waals surface area contributed by atoms with Crippen molar-refractivity contribution in [1.82, 2.24) is 25.2 Å². The van der Waals surface area contributed by atoms with Gasteiger partial charge in [0.1, 0.15) is 5.75 Å². The van der Waals surface area contributed by atoms with Crippen molar-refractivity contribution in [2.45, 2.75) is 23.5 Å². The zero-order valence-electron chi connectivity index (χ0n) is 19.4. The van der Waals surface area contributed by atoms with Gasteiger partial charge in [-0.1, -0.05) is 11.6 Å². The molecule has 11 nitrogen and oxygen atoms in total. The van der Waals surface area contributed by atoms with Crippen molar-refractivity contribution in [2.75, 3.05) is 6.61 Å². The lowest BCUT2D eigenvalue weighted by atomic mass is 10.2. The lowest BCUT2D eigenvalue weighted by molar-refractivity contribution is -0.384. The van der Waals surface area contributed by atoms with Gasteiger partial charge in [-0.15, -0.1) is 10.2 Å². The number of halogens is 1. The van der Waals surface area contributed by atoms with Crippen molar-refractivity contribution in [3.63, 3.8) is 0 Å². The van der Waals surface area contributed by atoms with Crippen molar-refractivity contribution in [3.8, 4) is 17.1 Å². The molecular weight excluding hydrogens is 518 g/mol. The maximum atomic E-state index is 12.1. The Morgan fingerprint density at radius 1 is 1.19 bits per heavy atom. The summed E-state index contributed by atoms with van der Waals surface area (Å²) in [6.07, 6.45) is 4.69. The van der Waals surface area contributed by atoms with E-state index in [4.69, 9.17) is 16.3 Å². The highest BCUT2D eigenvalue weighted by Gasteiger charge is 2.17. The third-order valence-corrected chi connectivity index (χ3v) is 6.28. The SMILES string of the molecule is CCn1c(Sc2ccc([N+](=O)[O-])cc2/C=N\NC(=O)COc2ccc(Cl)cc2)nnc1-c1ccncc1. The van der Waals surface area contributed by atoms with E-state index in [1.165, 1.54) is 30.1 Å². The van der Waals surface area contributed by atoms with Crippen molar-refractivity contribution in [1.29, 1.82) is 0 Å². The fourth-order valence-electron chi connectivity index (χ4n) is 3.19. The monoisotopic (exact) mass is 537 g/mol. The summed E-state index contributed by atoms with van der Waals surface area (Å²) in [5.41, 5.74) is 3.54. The molecule has 0 saturated heterocycles. The predicted molar refractivity (Wildman–Crippen MR) is 139 cm³/mol. The van der Waals surface area contributed by atoms with Gasteiger partial charge in [-0.05, 0) is 61.2 Å². The zero-order chi connectivity index (χ0) is 26.2. The number of non-ortho nitro benzene ring substituents is 1. The molecule has 0 aliphatic carbocycles. The minimum absolute atomic E-state index is 0.113. The van der Waals surface area contributed by atoms with Crippen molar-refractivity contribution in [2.24, 2.45) is 5.10 Å². The molecule has 0 aliphatic rings. The van der Waals surface area contributed by atoms with Crippen molar-refractivity contribution >= 4 is 41.2 Å². The Hall–Kier alpha value is -4.29. The second-order valence-electron chi connectivity index (χ2n) is 7.40. The molecule has 2 aromatic heterocycles. The first-order valence-electron chi connectivity index (χ1n) is 10.9. The molecule has 1 amide bonds. The van der Waals surface area contributed by atoms with E-state index in [9.17, 15) is 14.9 Å². The highest BCUT2D eigenvalue weighted by molar-refractivity contribution is 7.99. The summed E-state index contributed by atoms with van der Waals surface area (Å²) in [5.74, 6) is 0.656. The standard InChI is InChI=1S/C24H20ClN7O4S/c1-2-31-23(16-9-11-26-12-10-16)29-30-24(31)37-21-8-5-19(32(34)35)13-17(21)14-27-28-22(33)15-36-20-6-3-18(25)4-7-20/h3-14H,2,15H2,1H3,(H,28,33)/b27-14-. The van der Waals surface area contributed by atoms with E-state index in [2.05, 4.69) is 25.7 Å². The number of aromatic nitrogens is 4. The van der Waals surface area contributed by atoms with Gasteiger partial charge < -0.3 is 9.30 Å². The average Bonchev–Trinajstić information content (AvgIpc) is 3.32. The number of nitro groups is 1. The van der Waals surface area contributed by atoms with Crippen LogP contribution >= 0.6 is 23.4 Å². The molecule has 2 aromatic carbocycles. The number of hydrazone groups is 1. The Balaban J connectivity index is 1.50. The smallest absolute Gasteiger partial charge is 0.277 e. The van der Waals surface area contributed by atoms with Crippen LogP contribution in [-0.4, -0.2) is 43.4 Å².